The minimum atomic E-state index is -0.402. The summed E-state index contributed by atoms with van der Waals surface area (Å²) in [6, 6.07) is 14.4. The van der Waals surface area contributed by atoms with Gasteiger partial charge in [-0.05, 0) is 18.6 Å². The number of nitrogens with one attached hydrogen (secondary N) is 2. The van der Waals surface area contributed by atoms with Gasteiger partial charge < -0.3 is 15.1 Å². The van der Waals surface area contributed by atoms with Crippen LogP contribution in [0, 0.1) is 17.0 Å². The van der Waals surface area contributed by atoms with Gasteiger partial charge >= 0.3 is 0 Å². The van der Waals surface area contributed by atoms with Crippen LogP contribution < -0.4 is 10.6 Å². The van der Waals surface area contributed by atoms with Crippen LogP contribution in [0.5, 0.6) is 0 Å². The molecule has 0 atom stereocenters. The van der Waals surface area contributed by atoms with E-state index in [1.165, 1.54) is 6.07 Å². The number of hydrogen-bond donors (Lipinski definition) is 2. The van der Waals surface area contributed by atoms with Crippen molar-refractivity contribution in [1.29, 1.82) is 0 Å². The first-order chi connectivity index (χ1) is 12.6. The second-order valence-electron chi connectivity index (χ2n) is 5.85. The number of halogens is 1. The Morgan fingerprint density at radius 2 is 1.89 bits per heavy atom. The fraction of sp³-hybridized carbons (Fsp3) is 0.211. The molecule has 3 aromatic rings. The molecule has 0 fully saturated rings. The molecule has 2 N–H and O–H groups in total. The average molecular weight is 480 g/mol. The van der Waals surface area contributed by atoms with Crippen molar-refractivity contribution >= 4 is 46.6 Å². The number of para-hydroxylation sites is 1. The van der Waals surface area contributed by atoms with Crippen LogP contribution >= 0.6 is 24.0 Å². The molecule has 1 heterocycles. The van der Waals surface area contributed by atoms with Gasteiger partial charge in [-0.15, -0.1) is 24.0 Å². The monoisotopic (exact) mass is 480 g/mol. The zero-order valence-corrected chi connectivity index (χ0v) is 17.4. The van der Waals surface area contributed by atoms with E-state index >= 15 is 0 Å². The fourth-order valence-corrected chi connectivity index (χ4v) is 2.74. The molecule has 0 aliphatic rings. The predicted molar refractivity (Wildman–Crippen MR) is 117 cm³/mol. The maximum Gasteiger partial charge on any atom is 0.269 e. The highest BCUT2D eigenvalue weighted by molar-refractivity contribution is 14.0. The smallest absolute Gasteiger partial charge is 0.269 e. The summed E-state index contributed by atoms with van der Waals surface area (Å²) < 4.78 is 5.88. The number of hydrogen-bond acceptors (Lipinski definition) is 4. The number of guanidine groups is 1. The summed E-state index contributed by atoms with van der Waals surface area (Å²) >= 11 is 0. The largest absolute Gasteiger partial charge is 0.459 e. The lowest BCUT2D eigenvalue weighted by atomic mass is 10.1. The lowest BCUT2D eigenvalue weighted by molar-refractivity contribution is -0.384. The van der Waals surface area contributed by atoms with Gasteiger partial charge in [0.1, 0.15) is 11.3 Å². The first-order valence-electron chi connectivity index (χ1n) is 8.23. The zero-order chi connectivity index (χ0) is 18.5. The van der Waals surface area contributed by atoms with Gasteiger partial charge in [0.05, 0.1) is 11.5 Å². The molecule has 0 unspecified atom stereocenters. The maximum atomic E-state index is 10.9. The third-order valence-corrected chi connectivity index (χ3v) is 4.16. The number of fused-ring (bicyclic) bond motifs is 1. The summed E-state index contributed by atoms with van der Waals surface area (Å²) in [7, 11) is 1.67. The molecule has 0 bridgehead atoms. The number of aryl methyl sites for hydroxylation is 1. The van der Waals surface area contributed by atoms with Crippen molar-refractivity contribution in [3.8, 4) is 0 Å². The molecule has 8 heteroatoms. The Morgan fingerprint density at radius 3 is 2.59 bits per heavy atom. The van der Waals surface area contributed by atoms with Crippen molar-refractivity contribution in [2.75, 3.05) is 7.05 Å². The summed E-state index contributed by atoms with van der Waals surface area (Å²) in [5.41, 5.74) is 2.84. The van der Waals surface area contributed by atoms with Crippen molar-refractivity contribution in [2.45, 2.75) is 20.0 Å². The third kappa shape index (κ3) is 4.97. The number of furan rings is 1. The Morgan fingerprint density at radius 1 is 1.15 bits per heavy atom. The Labute approximate surface area is 174 Å². The molecule has 0 saturated heterocycles. The lowest BCUT2D eigenvalue weighted by Gasteiger charge is -2.11. The van der Waals surface area contributed by atoms with Gasteiger partial charge in [0.15, 0.2) is 5.96 Å². The molecule has 0 saturated carbocycles. The van der Waals surface area contributed by atoms with Crippen molar-refractivity contribution in [3.63, 3.8) is 0 Å². The number of benzene rings is 2. The Balaban J connectivity index is 0.00000261. The van der Waals surface area contributed by atoms with E-state index in [-0.39, 0.29) is 29.7 Å². The second kappa shape index (κ2) is 9.36. The second-order valence-corrected chi connectivity index (χ2v) is 5.85. The van der Waals surface area contributed by atoms with E-state index in [0.29, 0.717) is 19.0 Å². The predicted octanol–water partition coefficient (Wildman–Crippen LogP) is 4.13. The van der Waals surface area contributed by atoms with Crippen molar-refractivity contribution in [1.82, 2.24) is 10.6 Å². The molecule has 142 valence electrons. The lowest BCUT2D eigenvalue weighted by Crippen LogP contribution is -2.36. The summed E-state index contributed by atoms with van der Waals surface area (Å²) in [5, 5.41) is 18.3. The molecular weight excluding hydrogens is 459 g/mol. The molecule has 1 aromatic heterocycles. The quantitative estimate of drug-likeness (QED) is 0.188. The molecule has 2 aromatic carbocycles. The van der Waals surface area contributed by atoms with Crippen LogP contribution in [0.25, 0.3) is 11.0 Å². The number of non-ortho nitro benzene ring substituents is 1. The molecule has 0 radical (unpaired) electrons. The highest BCUT2D eigenvalue weighted by atomic mass is 127. The first kappa shape index (κ1) is 20.7. The minimum Gasteiger partial charge on any atom is -0.459 e. The van der Waals surface area contributed by atoms with E-state index in [9.17, 15) is 10.1 Å². The Kier molecular flexibility index (Phi) is 7.17. The molecular formula is C19H21IN4O3. The van der Waals surface area contributed by atoms with Gasteiger partial charge in [0.25, 0.3) is 5.69 Å². The van der Waals surface area contributed by atoms with Crippen molar-refractivity contribution < 1.29 is 9.34 Å². The molecule has 0 amide bonds. The number of nitrogens with zero attached hydrogens (tertiary/aromatic N) is 2. The highest BCUT2D eigenvalue weighted by Gasteiger charge is 2.10. The SMILES string of the molecule is CN=C(NCc1cccc([N+](=O)[O-])c1)NCc1oc2ccccc2c1C.I. The number of rotatable bonds is 5. The third-order valence-electron chi connectivity index (χ3n) is 4.16. The molecule has 0 aliphatic heterocycles. The zero-order valence-electron chi connectivity index (χ0n) is 15.1. The number of nitro groups is 1. The van der Waals surface area contributed by atoms with Crippen LogP contribution in [0.1, 0.15) is 16.9 Å². The summed E-state index contributed by atoms with van der Waals surface area (Å²) in [6.07, 6.45) is 0. The van der Waals surface area contributed by atoms with Gasteiger partial charge in [-0.3, -0.25) is 15.1 Å². The average Bonchev–Trinajstić information content (AvgIpc) is 2.98. The van der Waals surface area contributed by atoms with Crippen LogP contribution in [0.2, 0.25) is 0 Å². The Hall–Kier alpha value is -2.62. The van der Waals surface area contributed by atoms with E-state index in [2.05, 4.69) is 15.6 Å². The van der Waals surface area contributed by atoms with Gasteiger partial charge in [-0.25, -0.2) is 0 Å². The Bertz CT molecular complexity index is 968. The number of aliphatic imine (C=N–C) groups is 1. The molecule has 3 rings (SSSR count). The van der Waals surface area contributed by atoms with E-state index in [1.54, 1.807) is 19.2 Å². The maximum absolute atomic E-state index is 10.9. The first-order valence-corrected chi connectivity index (χ1v) is 8.23. The molecule has 0 aliphatic carbocycles. The summed E-state index contributed by atoms with van der Waals surface area (Å²) in [6.45, 7) is 2.96. The highest BCUT2D eigenvalue weighted by Crippen LogP contribution is 2.24. The van der Waals surface area contributed by atoms with Crippen LogP contribution in [-0.4, -0.2) is 17.9 Å². The van der Waals surface area contributed by atoms with E-state index < -0.39 is 4.92 Å². The van der Waals surface area contributed by atoms with Crippen molar-refractivity contribution in [2.24, 2.45) is 4.99 Å². The summed E-state index contributed by atoms with van der Waals surface area (Å²) in [5.74, 6) is 1.45. The molecule has 0 spiro atoms. The van der Waals surface area contributed by atoms with E-state index in [1.807, 2.05) is 37.3 Å². The fourth-order valence-electron chi connectivity index (χ4n) is 2.74. The van der Waals surface area contributed by atoms with Gasteiger partial charge in [-0.1, -0.05) is 30.3 Å². The topological polar surface area (TPSA) is 92.7 Å². The van der Waals surface area contributed by atoms with Gasteiger partial charge in [0, 0.05) is 36.7 Å². The van der Waals surface area contributed by atoms with Crippen LogP contribution in [0.3, 0.4) is 0 Å². The normalized spacial score (nSPS) is 11.1. The van der Waals surface area contributed by atoms with Crippen LogP contribution in [0.4, 0.5) is 5.69 Å². The van der Waals surface area contributed by atoms with E-state index in [4.69, 9.17) is 4.42 Å². The molecule has 7 nitrogen and oxygen atoms in total. The number of nitro benzene ring substituents is 1. The van der Waals surface area contributed by atoms with Crippen molar-refractivity contribution in [3.05, 3.63) is 75.5 Å². The van der Waals surface area contributed by atoms with Crippen LogP contribution in [-0.2, 0) is 13.1 Å². The standard InChI is InChI=1S/C19H20N4O3.HI/c1-13-16-8-3-4-9-17(16)26-18(13)12-22-19(20-2)21-11-14-6-5-7-15(10-14)23(24)25;/h3-10H,11-12H2,1-2H3,(H2,20,21,22);1H. The van der Waals surface area contributed by atoms with Gasteiger partial charge in [-0.2, -0.15) is 0 Å². The molecule has 27 heavy (non-hydrogen) atoms. The van der Waals surface area contributed by atoms with E-state index in [0.717, 1.165) is 27.9 Å². The minimum absolute atomic E-state index is 0. The van der Waals surface area contributed by atoms with Crippen LogP contribution in [0.15, 0.2) is 57.9 Å². The summed E-state index contributed by atoms with van der Waals surface area (Å²) in [4.78, 5) is 14.6. The van der Waals surface area contributed by atoms with Gasteiger partial charge in [0.2, 0.25) is 0 Å².